The number of aromatic nitrogens is 1. The van der Waals surface area contributed by atoms with Gasteiger partial charge in [-0.15, -0.1) is 0 Å². The Hall–Kier alpha value is -5.40. The SMILES string of the molecule is Cc1ccc2c(c1)c1ccccc1n2-c1ccc(-c2cccc3cc4c5ccccc5c5ccccc5c4cc23)cc1. The van der Waals surface area contributed by atoms with E-state index in [2.05, 4.69) is 157 Å². The highest BCUT2D eigenvalue weighted by Gasteiger charge is 2.14. The normalized spacial score (nSPS) is 11.9. The number of fused-ring (bicyclic) bond motifs is 10. The van der Waals surface area contributed by atoms with E-state index in [0.717, 1.165) is 0 Å². The minimum absolute atomic E-state index is 1.18. The first-order valence-electron chi connectivity index (χ1n) is 14.6. The minimum atomic E-state index is 1.18. The molecular formula is C41H27N. The molecule has 0 aliphatic rings. The molecular weight excluding hydrogens is 506 g/mol. The molecule has 196 valence electrons. The number of benzene rings is 8. The van der Waals surface area contributed by atoms with E-state index in [-0.39, 0.29) is 0 Å². The van der Waals surface area contributed by atoms with Crippen molar-refractivity contribution in [1.82, 2.24) is 4.57 Å². The lowest BCUT2D eigenvalue weighted by molar-refractivity contribution is 1.18. The fourth-order valence-corrected chi connectivity index (χ4v) is 7.08. The third kappa shape index (κ3) is 3.31. The summed E-state index contributed by atoms with van der Waals surface area (Å²) in [5.74, 6) is 0. The first-order valence-corrected chi connectivity index (χ1v) is 14.6. The second kappa shape index (κ2) is 8.80. The zero-order chi connectivity index (χ0) is 27.8. The Kier molecular flexibility index (Phi) is 4.88. The zero-order valence-electron chi connectivity index (χ0n) is 23.3. The van der Waals surface area contributed by atoms with E-state index in [0.29, 0.717) is 0 Å². The maximum atomic E-state index is 2.41. The second-order valence-corrected chi connectivity index (χ2v) is 11.4. The van der Waals surface area contributed by atoms with Crippen LogP contribution in [0.2, 0.25) is 0 Å². The van der Waals surface area contributed by atoms with Gasteiger partial charge in [0.1, 0.15) is 0 Å². The largest absolute Gasteiger partial charge is 0.309 e. The first kappa shape index (κ1) is 23.3. The number of hydrogen-bond donors (Lipinski definition) is 0. The summed E-state index contributed by atoms with van der Waals surface area (Å²) in [5.41, 5.74) is 7.43. The van der Waals surface area contributed by atoms with Crippen molar-refractivity contribution < 1.29 is 0 Å². The van der Waals surface area contributed by atoms with E-state index in [4.69, 9.17) is 0 Å². The highest BCUT2D eigenvalue weighted by molar-refractivity contribution is 6.27. The van der Waals surface area contributed by atoms with E-state index in [9.17, 15) is 0 Å². The fourth-order valence-electron chi connectivity index (χ4n) is 7.08. The van der Waals surface area contributed by atoms with E-state index in [1.54, 1.807) is 0 Å². The molecule has 0 bridgehead atoms. The monoisotopic (exact) mass is 533 g/mol. The molecule has 42 heavy (non-hydrogen) atoms. The lowest BCUT2D eigenvalue weighted by Gasteiger charge is -2.14. The molecule has 0 saturated carbocycles. The molecule has 9 rings (SSSR count). The predicted octanol–water partition coefficient (Wildman–Crippen LogP) is 11.4. The molecule has 1 heteroatoms. The van der Waals surface area contributed by atoms with Gasteiger partial charge in [-0.25, -0.2) is 0 Å². The van der Waals surface area contributed by atoms with Gasteiger partial charge in [-0.3, -0.25) is 0 Å². The summed E-state index contributed by atoms with van der Waals surface area (Å²) in [7, 11) is 0. The Bertz CT molecular complexity index is 2510. The van der Waals surface area contributed by atoms with Crippen LogP contribution in [0.4, 0.5) is 0 Å². The molecule has 0 fully saturated rings. The molecule has 0 unspecified atom stereocenters. The first-order chi connectivity index (χ1) is 20.7. The molecule has 0 atom stereocenters. The summed E-state index contributed by atoms with van der Waals surface area (Å²) in [6.07, 6.45) is 0. The molecule has 1 nitrogen and oxygen atoms in total. The average molecular weight is 534 g/mol. The maximum absolute atomic E-state index is 2.41. The van der Waals surface area contributed by atoms with Crippen molar-refractivity contribution in [3.63, 3.8) is 0 Å². The summed E-state index contributed by atoms with van der Waals surface area (Å²) in [6.45, 7) is 2.17. The molecule has 0 aliphatic heterocycles. The summed E-state index contributed by atoms with van der Waals surface area (Å²) in [6, 6.07) is 53.7. The van der Waals surface area contributed by atoms with Crippen molar-refractivity contribution in [1.29, 1.82) is 0 Å². The molecule has 0 N–H and O–H groups in total. The fraction of sp³-hybridized carbons (Fsp3) is 0.0244. The van der Waals surface area contributed by atoms with Crippen LogP contribution >= 0.6 is 0 Å². The van der Waals surface area contributed by atoms with Crippen LogP contribution in [0.1, 0.15) is 5.56 Å². The van der Waals surface area contributed by atoms with Gasteiger partial charge in [0.25, 0.3) is 0 Å². The molecule has 1 heterocycles. The van der Waals surface area contributed by atoms with Gasteiger partial charge in [-0.2, -0.15) is 0 Å². The van der Waals surface area contributed by atoms with Gasteiger partial charge in [0.2, 0.25) is 0 Å². The van der Waals surface area contributed by atoms with E-state index in [1.807, 2.05) is 0 Å². The van der Waals surface area contributed by atoms with Gasteiger partial charge < -0.3 is 4.57 Å². The van der Waals surface area contributed by atoms with E-state index < -0.39 is 0 Å². The number of aryl methyl sites for hydroxylation is 1. The lowest BCUT2D eigenvalue weighted by atomic mass is 9.90. The number of hydrogen-bond acceptors (Lipinski definition) is 0. The summed E-state index contributed by atoms with van der Waals surface area (Å²) < 4.78 is 2.39. The van der Waals surface area contributed by atoms with Crippen molar-refractivity contribution in [2.45, 2.75) is 6.92 Å². The Morgan fingerprint density at radius 3 is 1.69 bits per heavy atom. The molecule has 0 saturated heterocycles. The van der Waals surface area contributed by atoms with E-state index in [1.165, 1.54) is 87.3 Å². The van der Waals surface area contributed by atoms with Crippen molar-refractivity contribution >= 4 is 64.9 Å². The number of rotatable bonds is 2. The molecule has 8 aromatic carbocycles. The Balaban J connectivity index is 1.26. The van der Waals surface area contributed by atoms with Crippen LogP contribution in [-0.2, 0) is 0 Å². The van der Waals surface area contributed by atoms with Crippen LogP contribution in [0.15, 0.2) is 146 Å². The highest BCUT2D eigenvalue weighted by Crippen LogP contribution is 2.40. The molecule has 1 aromatic heterocycles. The maximum Gasteiger partial charge on any atom is 0.0541 e. The standard InChI is InChI=1S/C41H27N/c1-26-17-22-41-39(23-26)35-14-6-7-16-40(35)42(41)29-20-18-27(19-21-29)30-15-8-9-28-24-37-33-12-4-2-10-31(33)32-11-3-5-13-34(32)38(37)25-36(28)30/h2-25H,1H3. The minimum Gasteiger partial charge on any atom is -0.309 e. The van der Waals surface area contributed by atoms with Gasteiger partial charge in [0.05, 0.1) is 11.0 Å². The smallest absolute Gasteiger partial charge is 0.0541 e. The van der Waals surface area contributed by atoms with Crippen LogP contribution in [0.5, 0.6) is 0 Å². The number of para-hydroxylation sites is 1. The van der Waals surface area contributed by atoms with Crippen LogP contribution < -0.4 is 0 Å². The quantitative estimate of drug-likeness (QED) is 0.154. The summed E-state index contributed by atoms with van der Waals surface area (Å²) in [4.78, 5) is 0. The highest BCUT2D eigenvalue weighted by atomic mass is 15.0. The van der Waals surface area contributed by atoms with E-state index >= 15 is 0 Å². The van der Waals surface area contributed by atoms with Gasteiger partial charge in [-0.1, -0.05) is 109 Å². The van der Waals surface area contributed by atoms with Crippen molar-refractivity contribution in [2.24, 2.45) is 0 Å². The van der Waals surface area contributed by atoms with Crippen molar-refractivity contribution in [3.8, 4) is 16.8 Å². The van der Waals surface area contributed by atoms with Crippen LogP contribution in [-0.4, -0.2) is 4.57 Å². The van der Waals surface area contributed by atoms with Gasteiger partial charge in [0.15, 0.2) is 0 Å². The Morgan fingerprint density at radius 1 is 0.381 bits per heavy atom. The van der Waals surface area contributed by atoms with Gasteiger partial charge >= 0.3 is 0 Å². The summed E-state index contributed by atoms with van der Waals surface area (Å²) in [5, 5.41) is 13.0. The molecule has 9 aromatic rings. The van der Waals surface area contributed by atoms with Crippen molar-refractivity contribution in [2.75, 3.05) is 0 Å². The van der Waals surface area contributed by atoms with Gasteiger partial charge in [-0.05, 0) is 104 Å². The molecule has 0 aliphatic carbocycles. The van der Waals surface area contributed by atoms with Crippen molar-refractivity contribution in [3.05, 3.63) is 151 Å². The molecule has 0 spiro atoms. The van der Waals surface area contributed by atoms with Crippen LogP contribution in [0.3, 0.4) is 0 Å². The topological polar surface area (TPSA) is 4.93 Å². The average Bonchev–Trinajstić information content (AvgIpc) is 3.37. The number of nitrogens with zero attached hydrogens (tertiary/aromatic N) is 1. The van der Waals surface area contributed by atoms with Gasteiger partial charge in [0, 0.05) is 16.5 Å². The third-order valence-corrected chi connectivity index (χ3v) is 9.01. The third-order valence-electron chi connectivity index (χ3n) is 9.01. The molecule has 0 radical (unpaired) electrons. The summed E-state index contributed by atoms with van der Waals surface area (Å²) >= 11 is 0. The Morgan fingerprint density at radius 2 is 0.976 bits per heavy atom. The molecule has 0 amide bonds. The second-order valence-electron chi connectivity index (χ2n) is 11.4. The lowest BCUT2D eigenvalue weighted by Crippen LogP contribution is -1.94. The van der Waals surface area contributed by atoms with Crippen LogP contribution in [0.25, 0.3) is 81.7 Å². The predicted molar refractivity (Wildman–Crippen MR) is 181 cm³/mol. The zero-order valence-corrected chi connectivity index (χ0v) is 23.3. The van der Waals surface area contributed by atoms with Crippen LogP contribution in [0, 0.1) is 6.92 Å². The Labute approximate surface area is 243 Å².